The van der Waals surface area contributed by atoms with Crippen LogP contribution in [0.2, 0.25) is 0 Å². The molecule has 0 heteroatoms. The molecule has 3 saturated carbocycles. The van der Waals surface area contributed by atoms with Gasteiger partial charge in [-0.05, 0) is 73.5 Å². The summed E-state index contributed by atoms with van der Waals surface area (Å²) in [6.45, 7) is 7.46. The standard InChI is InChI=1S/C21H38/c1-16-4-8-19(9-5-16)21(14-12-18(3)13-15-21)20-10-6-17(2)7-11-20/h16-20H,4-15H2,1-3H3. The molecule has 0 aliphatic heterocycles. The van der Waals surface area contributed by atoms with Crippen LogP contribution in [0.25, 0.3) is 0 Å². The molecule has 0 aromatic heterocycles. The summed E-state index contributed by atoms with van der Waals surface area (Å²) in [5.41, 5.74) is 0.771. The van der Waals surface area contributed by atoms with Gasteiger partial charge >= 0.3 is 0 Å². The molecule has 0 unspecified atom stereocenters. The van der Waals surface area contributed by atoms with E-state index in [-0.39, 0.29) is 0 Å². The Morgan fingerprint density at radius 1 is 0.476 bits per heavy atom. The van der Waals surface area contributed by atoms with E-state index in [4.69, 9.17) is 0 Å². The average molecular weight is 291 g/mol. The third-order valence-electron chi connectivity index (χ3n) is 7.86. The minimum absolute atomic E-state index is 0.771. The van der Waals surface area contributed by atoms with Crippen LogP contribution in [-0.4, -0.2) is 0 Å². The molecular weight excluding hydrogens is 252 g/mol. The number of rotatable bonds is 2. The molecule has 0 saturated heterocycles. The molecule has 3 rings (SSSR count). The molecule has 21 heavy (non-hydrogen) atoms. The highest BCUT2D eigenvalue weighted by molar-refractivity contribution is 4.97. The molecule has 0 spiro atoms. The van der Waals surface area contributed by atoms with Gasteiger partial charge in [-0.2, -0.15) is 0 Å². The summed E-state index contributed by atoms with van der Waals surface area (Å²) in [5, 5.41) is 0. The smallest absolute Gasteiger partial charge is 0.0241 e. The monoisotopic (exact) mass is 290 g/mol. The van der Waals surface area contributed by atoms with Gasteiger partial charge in [-0.15, -0.1) is 0 Å². The molecule has 0 aromatic rings. The third-order valence-corrected chi connectivity index (χ3v) is 7.86. The second kappa shape index (κ2) is 6.63. The van der Waals surface area contributed by atoms with Gasteiger partial charge in [0.15, 0.2) is 0 Å². The van der Waals surface area contributed by atoms with Crippen LogP contribution in [0.4, 0.5) is 0 Å². The van der Waals surface area contributed by atoms with Crippen LogP contribution in [-0.2, 0) is 0 Å². The number of hydrogen-bond acceptors (Lipinski definition) is 0. The van der Waals surface area contributed by atoms with Gasteiger partial charge in [0, 0.05) is 0 Å². The molecule has 0 atom stereocenters. The van der Waals surface area contributed by atoms with Crippen LogP contribution in [0, 0.1) is 35.0 Å². The van der Waals surface area contributed by atoms with Gasteiger partial charge in [0.25, 0.3) is 0 Å². The summed E-state index contributed by atoms with van der Waals surface area (Å²) in [6, 6.07) is 0. The maximum Gasteiger partial charge on any atom is -0.0241 e. The van der Waals surface area contributed by atoms with E-state index in [2.05, 4.69) is 20.8 Å². The fourth-order valence-corrected chi connectivity index (χ4v) is 6.12. The molecule has 3 aliphatic carbocycles. The number of hydrogen-bond donors (Lipinski definition) is 0. The fourth-order valence-electron chi connectivity index (χ4n) is 6.12. The lowest BCUT2D eigenvalue weighted by molar-refractivity contribution is -0.0321. The van der Waals surface area contributed by atoms with E-state index >= 15 is 0 Å². The van der Waals surface area contributed by atoms with E-state index in [1.165, 1.54) is 38.5 Å². The van der Waals surface area contributed by atoms with Crippen molar-refractivity contribution >= 4 is 0 Å². The van der Waals surface area contributed by atoms with Gasteiger partial charge < -0.3 is 0 Å². The van der Waals surface area contributed by atoms with Gasteiger partial charge in [-0.25, -0.2) is 0 Å². The lowest BCUT2D eigenvalue weighted by atomic mass is 9.52. The Labute approximate surface area is 133 Å². The van der Waals surface area contributed by atoms with Crippen molar-refractivity contribution in [2.24, 2.45) is 35.0 Å². The van der Waals surface area contributed by atoms with Crippen molar-refractivity contribution in [3.63, 3.8) is 0 Å². The second-order valence-corrected chi connectivity index (χ2v) is 9.33. The maximum absolute atomic E-state index is 2.50. The molecule has 122 valence electrons. The van der Waals surface area contributed by atoms with E-state index in [1.54, 1.807) is 38.5 Å². The predicted octanol–water partition coefficient (Wildman–Crippen LogP) is 6.84. The van der Waals surface area contributed by atoms with E-state index in [1.807, 2.05) is 0 Å². The fraction of sp³-hybridized carbons (Fsp3) is 1.00. The molecule has 0 aromatic carbocycles. The largest absolute Gasteiger partial charge is 0.0625 e. The summed E-state index contributed by atoms with van der Waals surface area (Å²) in [5.74, 6) is 5.18. The van der Waals surface area contributed by atoms with Crippen LogP contribution in [0.15, 0.2) is 0 Å². The second-order valence-electron chi connectivity index (χ2n) is 9.33. The maximum atomic E-state index is 2.50. The van der Waals surface area contributed by atoms with Gasteiger partial charge in [0.2, 0.25) is 0 Å². The molecule has 3 fully saturated rings. The highest BCUT2D eigenvalue weighted by Crippen LogP contribution is 2.57. The van der Waals surface area contributed by atoms with Crippen molar-refractivity contribution in [1.82, 2.24) is 0 Å². The summed E-state index contributed by atoms with van der Waals surface area (Å²) in [4.78, 5) is 0. The molecular formula is C21H38. The first kappa shape index (κ1) is 15.9. The first-order valence-electron chi connectivity index (χ1n) is 10.1. The van der Waals surface area contributed by atoms with Crippen LogP contribution in [0.5, 0.6) is 0 Å². The summed E-state index contributed by atoms with van der Waals surface area (Å²) in [7, 11) is 0. The van der Waals surface area contributed by atoms with Crippen molar-refractivity contribution in [2.45, 2.75) is 97.8 Å². The summed E-state index contributed by atoms with van der Waals surface area (Å²) >= 11 is 0. The Morgan fingerprint density at radius 3 is 1.19 bits per heavy atom. The Bertz CT molecular complexity index is 283. The Morgan fingerprint density at radius 2 is 0.810 bits per heavy atom. The molecule has 0 amide bonds. The highest BCUT2D eigenvalue weighted by Gasteiger charge is 2.47. The lowest BCUT2D eigenvalue weighted by Gasteiger charge is -2.53. The summed E-state index contributed by atoms with van der Waals surface area (Å²) in [6.07, 6.45) is 18.5. The molecule has 0 N–H and O–H groups in total. The van der Waals surface area contributed by atoms with Gasteiger partial charge in [-0.1, -0.05) is 59.3 Å². The third kappa shape index (κ3) is 3.35. The molecule has 0 nitrogen and oxygen atoms in total. The van der Waals surface area contributed by atoms with Crippen molar-refractivity contribution in [3.05, 3.63) is 0 Å². The molecule has 3 aliphatic rings. The SMILES string of the molecule is CC1CCC(C2(C3CCC(C)CC3)CCC(C)CC2)CC1. The zero-order valence-electron chi connectivity index (χ0n) is 14.9. The zero-order valence-corrected chi connectivity index (χ0v) is 14.9. The molecule has 0 radical (unpaired) electrons. The van der Waals surface area contributed by atoms with Crippen molar-refractivity contribution < 1.29 is 0 Å². The normalized spacial score (nSPS) is 49.0. The van der Waals surface area contributed by atoms with Crippen molar-refractivity contribution in [2.75, 3.05) is 0 Å². The van der Waals surface area contributed by atoms with Crippen molar-refractivity contribution in [1.29, 1.82) is 0 Å². The zero-order chi connectivity index (χ0) is 14.9. The quantitative estimate of drug-likeness (QED) is 0.522. The van der Waals surface area contributed by atoms with Gasteiger partial charge in [0.05, 0.1) is 0 Å². The molecule has 0 bridgehead atoms. The lowest BCUT2D eigenvalue weighted by Crippen LogP contribution is -2.43. The predicted molar refractivity (Wildman–Crippen MR) is 92.3 cm³/mol. The van der Waals surface area contributed by atoms with Crippen LogP contribution in [0.1, 0.15) is 97.8 Å². The minimum Gasteiger partial charge on any atom is -0.0625 e. The highest BCUT2D eigenvalue weighted by atomic mass is 14.5. The van der Waals surface area contributed by atoms with E-state index < -0.39 is 0 Å². The average Bonchev–Trinajstić information content (AvgIpc) is 2.50. The molecule has 0 heterocycles. The van der Waals surface area contributed by atoms with Crippen molar-refractivity contribution in [3.8, 4) is 0 Å². The Hall–Kier alpha value is 0. The topological polar surface area (TPSA) is 0 Å². The van der Waals surface area contributed by atoms with Crippen LogP contribution < -0.4 is 0 Å². The van der Waals surface area contributed by atoms with E-state index in [9.17, 15) is 0 Å². The van der Waals surface area contributed by atoms with Crippen LogP contribution >= 0.6 is 0 Å². The summed E-state index contributed by atoms with van der Waals surface area (Å²) < 4.78 is 0. The van der Waals surface area contributed by atoms with Gasteiger partial charge in [0.1, 0.15) is 0 Å². The Balaban J connectivity index is 1.74. The first-order chi connectivity index (χ1) is 10.1. The van der Waals surface area contributed by atoms with E-state index in [0.29, 0.717) is 0 Å². The van der Waals surface area contributed by atoms with E-state index in [0.717, 1.165) is 35.0 Å². The first-order valence-corrected chi connectivity index (χ1v) is 10.1. The van der Waals surface area contributed by atoms with Gasteiger partial charge in [-0.3, -0.25) is 0 Å². The Kier molecular flexibility index (Phi) is 5.01. The van der Waals surface area contributed by atoms with Crippen LogP contribution in [0.3, 0.4) is 0 Å². The minimum atomic E-state index is 0.771.